The van der Waals surface area contributed by atoms with Gasteiger partial charge in [0.25, 0.3) is 0 Å². The standard InChI is InChI=1S/C13H12N2S/c1-2-6-10(7-3-1)14-13-15-11-8-4-5-9-12(11)16-13/h1-9,13-15H. The fourth-order valence-corrected chi connectivity index (χ4v) is 2.78. The number of nitrogens with one attached hydrogen (secondary N) is 2. The fraction of sp³-hybridized carbons (Fsp3) is 0.0769. The van der Waals surface area contributed by atoms with Gasteiger partial charge in [-0.1, -0.05) is 42.1 Å². The van der Waals surface area contributed by atoms with Crippen LogP contribution >= 0.6 is 11.8 Å². The predicted octanol–water partition coefficient (Wildman–Crippen LogP) is 3.60. The molecule has 0 aromatic heterocycles. The fourth-order valence-electron chi connectivity index (χ4n) is 1.74. The molecule has 0 fully saturated rings. The highest BCUT2D eigenvalue weighted by molar-refractivity contribution is 8.00. The number of benzene rings is 2. The summed E-state index contributed by atoms with van der Waals surface area (Å²) >= 11 is 1.81. The topological polar surface area (TPSA) is 24.1 Å². The average Bonchev–Trinajstić information content (AvgIpc) is 2.72. The lowest BCUT2D eigenvalue weighted by Crippen LogP contribution is -2.20. The third-order valence-electron chi connectivity index (χ3n) is 2.49. The molecule has 0 saturated heterocycles. The first-order valence-corrected chi connectivity index (χ1v) is 6.13. The number of anilines is 2. The van der Waals surface area contributed by atoms with Gasteiger partial charge in [-0.2, -0.15) is 0 Å². The lowest BCUT2D eigenvalue weighted by atomic mass is 10.3. The van der Waals surface area contributed by atoms with Gasteiger partial charge in [0, 0.05) is 10.6 Å². The molecule has 1 aliphatic rings. The van der Waals surface area contributed by atoms with Gasteiger partial charge >= 0.3 is 0 Å². The molecule has 3 rings (SSSR count). The first-order valence-electron chi connectivity index (χ1n) is 5.26. The second kappa shape index (κ2) is 4.10. The van der Waals surface area contributed by atoms with E-state index in [2.05, 4.69) is 47.0 Å². The third-order valence-corrected chi connectivity index (χ3v) is 3.57. The Hall–Kier alpha value is -1.61. The smallest absolute Gasteiger partial charge is 0.150 e. The molecule has 1 aliphatic heterocycles. The lowest BCUT2D eigenvalue weighted by Gasteiger charge is -2.13. The van der Waals surface area contributed by atoms with E-state index in [9.17, 15) is 0 Å². The van der Waals surface area contributed by atoms with Crippen molar-refractivity contribution in [2.24, 2.45) is 0 Å². The van der Waals surface area contributed by atoms with Gasteiger partial charge in [0.1, 0.15) is 5.50 Å². The van der Waals surface area contributed by atoms with Crippen molar-refractivity contribution in [2.45, 2.75) is 10.4 Å². The molecule has 3 heteroatoms. The molecular formula is C13H12N2S. The molecule has 0 amide bonds. The third kappa shape index (κ3) is 1.86. The Labute approximate surface area is 99.1 Å². The number of hydrogen-bond donors (Lipinski definition) is 2. The van der Waals surface area contributed by atoms with Crippen molar-refractivity contribution in [3.63, 3.8) is 0 Å². The lowest BCUT2D eigenvalue weighted by molar-refractivity contribution is 1.16. The molecule has 16 heavy (non-hydrogen) atoms. The maximum absolute atomic E-state index is 3.44. The average molecular weight is 228 g/mol. The van der Waals surface area contributed by atoms with Gasteiger partial charge in [0.2, 0.25) is 0 Å². The first-order chi connectivity index (χ1) is 7.92. The number of para-hydroxylation sites is 2. The largest absolute Gasteiger partial charge is 0.357 e. The van der Waals surface area contributed by atoms with E-state index >= 15 is 0 Å². The van der Waals surface area contributed by atoms with E-state index in [0.29, 0.717) is 0 Å². The molecule has 2 aromatic carbocycles. The van der Waals surface area contributed by atoms with Gasteiger partial charge < -0.3 is 10.6 Å². The quantitative estimate of drug-likeness (QED) is 0.821. The molecule has 0 spiro atoms. The Morgan fingerprint density at radius 2 is 1.69 bits per heavy atom. The van der Waals surface area contributed by atoms with Gasteiger partial charge in [0.15, 0.2) is 0 Å². The van der Waals surface area contributed by atoms with E-state index in [1.54, 1.807) is 0 Å². The summed E-state index contributed by atoms with van der Waals surface area (Å²) in [6, 6.07) is 18.6. The van der Waals surface area contributed by atoms with Gasteiger partial charge in [0.05, 0.1) is 5.69 Å². The Bertz CT molecular complexity index is 459. The van der Waals surface area contributed by atoms with Crippen molar-refractivity contribution in [2.75, 3.05) is 10.6 Å². The van der Waals surface area contributed by atoms with E-state index in [0.717, 1.165) is 5.69 Å². The van der Waals surface area contributed by atoms with Crippen LogP contribution in [0.15, 0.2) is 59.5 Å². The van der Waals surface area contributed by atoms with Crippen LogP contribution in [0.4, 0.5) is 11.4 Å². The van der Waals surface area contributed by atoms with Gasteiger partial charge in [-0.05, 0) is 24.3 Å². The van der Waals surface area contributed by atoms with Crippen LogP contribution in [-0.4, -0.2) is 5.50 Å². The summed E-state index contributed by atoms with van der Waals surface area (Å²) in [6.45, 7) is 0. The van der Waals surface area contributed by atoms with Crippen LogP contribution in [0.3, 0.4) is 0 Å². The van der Waals surface area contributed by atoms with E-state index < -0.39 is 0 Å². The van der Waals surface area contributed by atoms with Crippen LogP contribution in [0.25, 0.3) is 0 Å². The molecular weight excluding hydrogens is 216 g/mol. The minimum absolute atomic E-state index is 0.222. The molecule has 0 aliphatic carbocycles. The molecule has 2 N–H and O–H groups in total. The number of fused-ring (bicyclic) bond motifs is 1. The first kappa shape index (κ1) is 9.60. The van der Waals surface area contributed by atoms with Crippen molar-refractivity contribution in [1.29, 1.82) is 0 Å². The van der Waals surface area contributed by atoms with Crippen molar-refractivity contribution in [1.82, 2.24) is 0 Å². The second-order valence-corrected chi connectivity index (χ2v) is 4.80. The molecule has 0 bridgehead atoms. The summed E-state index contributed by atoms with van der Waals surface area (Å²) in [6.07, 6.45) is 0. The molecule has 0 saturated carbocycles. The summed E-state index contributed by atoms with van der Waals surface area (Å²) in [7, 11) is 0. The number of rotatable bonds is 2. The second-order valence-electron chi connectivity index (χ2n) is 3.65. The van der Waals surface area contributed by atoms with Crippen molar-refractivity contribution in [3.8, 4) is 0 Å². The zero-order valence-corrected chi connectivity index (χ0v) is 9.50. The molecule has 2 aromatic rings. The van der Waals surface area contributed by atoms with Crippen molar-refractivity contribution >= 4 is 23.1 Å². The maximum atomic E-state index is 3.44. The minimum atomic E-state index is 0.222. The normalized spacial score (nSPS) is 17.6. The Morgan fingerprint density at radius 3 is 2.50 bits per heavy atom. The SMILES string of the molecule is c1ccc(NC2Nc3ccccc3S2)cc1. The number of hydrogen-bond acceptors (Lipinski definition) is 3. The highest BCUT2D eigenvalue weighted by Gasteiger charge is 2.19. The zero-order valence-electron chi connectivity index (χ0n) is 8.68. The maximum Gasteiger partial charge on any atom is 0.150 e. The summed E-state index contributed by atoms with van der Waals surface area (Å²) < 4.78 is 0. The molecule has 2 nitrogen and oxygen atoms in total. The zero-order chi connectivity index (χ0) is 10.8. The summed E-state index contributed by atoms with van der Waals surface area (Å²) in [5.41, 5.74) is 2.57. The highest BCUT2D eigenvalue weighted by atomic mass is 32.2. The van der Waals surface area contributed by atoms with Crippen LogP contribution in [0, 0.1) is 0 Å². The molecule has 1 atom stereocenters. The van der Waals surface area contributed by atoms with Crippen LogP contribution in [0.1, 0.15) is 0 Å². The molecule has 80 valence electrons. The van der Waals surface area contributed by atoms with Crippen molar-refractivity contribution < 1.29 is 0 Å². The summed E-state index contributed by atoms with van der Waals surface area (Å²) in [5.74, 6) is 0. The van der Waals surface area contributed by atoms with E-state index in [1.165, 1.54) is 10.6 Å². The predicted molar refractivity (Wildman–Crippen MR) is 69.8 cm³/mol. The highest BCUT2D eigenvalue weighted by Crippen LogP contribution is 2.37. The van der Waals surface area contributed by atoms with Gasteiger partial charge in [-0.15, -0.1) is 0 Å². The minimum Gasteiger partial charge on any atom is -0.357 e. The number of thioether (sulfide) groups is 1. The molecule has 1 unspecified atom stereocenters. The Morgan fingerprint density at radius 1 is 0.938 bits per heavy atom. The van der Waals surface area contributed by atoms with E-state index in [-0.39, 0.29) is 5.50 Å². The monoisotopic (exact) mass is 228 g/mol. The van der Waals surface area contributed by atoms with E-state index in [1.807, 2.05) is 30.0 Å². The Balaban J connectivity index is 1.73. The van der Waals surface area contributed by atoms with Crippen LogP contribution < -0.4 is 10.6 Å². The molecule has 0 radical (unpaired) electrons. The summed E-state index contributed by atoms with van der Waals surface area (Å²) in [5, 5.41) is 6.87. The van der Waals surface area contributed by atoms with Gasteiger partial charge in [-0.3, -0.25) is 0 Å². The van der Waals surface area contributed by atoms with Crippen molar-refractivity contribution in [3.05, 3.63) is 54.6 Å². The molecule has 1 heterocycles. The summed E-state index contributed by atoms with van der Waals surface area (Å²) in [4.78, 5) is 1.30. The van der Waals surface area contributed by atoms with Crippen LogP contribution in [0.5, 0.6) is 0 Å². The van der Waals surface area contributed by atoms with Crippen LogP contribution in [-0.2, 0) is 0 Å². The van der Waals surface area contributed by atoms with Gasteiger partial charge in [-0.25, -0.2) is 0 Å². The Kier molecular flexibility index (Phi) is 2.46. The van der Waals surface area contributed by atoms with E-state index in [4.69, 9.17) is 0 Å². The van der Waals surface area contributed by atoms with Crippen LogP contribution in [0.2, 0.25) is 0 Å².